The van der Waals surface area contributed by atoms with Crippen LogP contribution in [-0.2, 0) is 9.84 Å². The van der Waals surface area contributed by atoms with Crippen molar-refractivity contribution in [2.24, 2.45) is 0 Å². The summed E-state index contributed by atoms with van der Waals surface area (Å²) >= 11 is 1.75. The number of rotatable bonds is 10. The standard InChI is InChI=1S/C14H23NO3S2/c1-2-12-20(17,18)14-7-4-3-6-13(14)15-8-11-19-10-5-9-16/h3-4,6-7,15-16H,2,5,8-12H2,1H3. The maximum Gasteiger partial charge on any atom is 0.180 e. The number of hydrogen-bond donors (Lipinski definition) is 2. The third-order valence-electron chi connectivity index (χ3n) is 2.70. The molecular formula is C14H23NO3S2. The number of nitrogens with one attached hydrogen (secondary N) is 1. The van der Waals surface area contributed by atoms with Gasteiger partial charge in [-0.25, -0.2) is 8.42 Å². The van der Waals surface area contributed by atoms with Gasteiger partial charge in [-0.1, -0.05) is 19.1 Å². The van der Waals surface area contributed by atoms with E-state index in [2.05, 4.69) is 5.32 Å². The molecule has 4 nitrogen and oxygen atoms in total. The maximum atomic E-state index is 12.2. The number of benzene rings is 1. The first kappa shape index (κ1) is 17.3. The molecule has 0 heterocycles. The Morgan fingerprint density at radius 2 is 2.00 bits per heavy atom. The predicted octanol–water partition coefficient (Wildman–Crippen LogP) is 2.40. The fourth-order valence-electron chi connectivity index (χ4n) is 1.79. The van der Waals surface area contributed by atoms with Crippen molar-refractivity contribution in [3.8, 4) is 0 Å². The van der Waals surface area contributed by atoms with Crippen LogP contribution in [0.2, 0.25) is 0 Å². The molecule has 114 valence electrons. The molecule has 1 rings (SSSR count). The molecule has 2 N–H and O–H groups in total. The van der Waals surface area contributed by atoms with E-state index in [1.807, 2.05) is 13.0 Å². The molecule has 6 heteroatoms. The molecule has 0 spiro atoms. The lowest BCUT2D eigenvalue weighted by Crippen LogP contribution is -2.12. The van der Waals surface area contributed by atoms with E-state index in [0.717, 1.165) is 24.5 Å². The molecule has 0 saturated heterocycles. The van der Waals surface area contributed by atoms with Gasteiger partial charge in [0, 0.05) is 18.9 Å². The average Bonchev–Trinajstić information content (AvgIpc) is 2.43. The number of aliphatic hydroxyl groups is 1. The molecule has 0 amide bonds. The van der Waals surface area contributed by atoms with E-state index >= 15 is 0 Å². The molecule has 0 atom stereocenters. The first-order valence-electron chi connectivity index (χ1n) is 6.86. The van der Waals surface area contributed by atoms with Crippen molar-refractivity contribution in [1.82, 2.24) is 0 Å². The summed E-state index contributed by atoms with van der Waals surface area (Å²) < 4.78 is 24.3. The molecule has 20 heavy (non-hydrogen) atoms. The Kier molecular flexibility index (Phi) is 8.02. The summed E-state index contributed by atoms with van der Waals surface area (Å²) in [5.74, 6) is 1.99. The minimum absolute atomic E-state index is 0.178. The first-order valence-corrected chi connectivity index (χ1v) is 9.66. The van der Waals surface area contributed by atoms with Crippen LogP contribution in [0.1, 0.15) is 19.8 Å². The molecule has 0 bridgehead atoms. The highest BCUT2D eigenvalue weighted by Crippen LogP contribution is 2.22. The van der Waals surface area contributed by atoms with Crippen molar-refractivity contribution in [2.75, 3.05) is 35.7 Å². The Balaban J connectivity index is 2.58. The highest BCUT2D eigenvalue weighted by Gasteiger charge is 2.16. The normalized spacial score (nSPS) is 11.5. The molecular weight excluding hydrogens is 294 g/mol. The van der Waals surface area contributed by atoms with Gasteiger partial charge in [-0.15, -0.1) is 0 Å². The Morgan fingerprint density at radius 1 is 1.25 bits per heavy atom. The van der Waals surface area contributed by atoms with Gasteiger partial charge in [0.25, 0.3) is 0 Å². The van der Waals surface area contributed by atoms with Gasteiger partial charge in [-0.3, -0.25) is 0 Å². The fraction of sp³-hybridized carbons (Fsp3) is 0.571. The van der Waals surface area contributed by atoms with Gasteiger partial charge >= 0.3 is 0 Å². The van der Waals surface area contributed by atoms with E-state index in [4.69, 9.17) is 5.11 Å². The lowest BCUT2D eigenvalue weighted by atomic mass is 10.3. The number of para-hydroxylation sites is 1. The van der Waals surface area contributed by atoms with Gasteiger partial charge in [0.2, 0.25) is 0 Å². The summed E-state index contributed by atoms with van der Waals surface area (Å²) in [7, 11) is -3.19. The van der Waals surface area contributed by atoms with Crippen LogP contribution in [0.3, 0.4) is 0 Å². The van der Waals surface area contributed by atoms with Crippen LogP contribution < -0.4 is 5.32 Å². The lowest BCUT2D eigenvalue weighted by molar-refractivity contribution is 0.296. The zero-order valence-electron chi connectivity index (χ0n) is 11.8. The molecule has 0 unspecified atom stereocenters. The van der Waals surface area contributed by atoms with Crippen molar-refractivity contribution in [1.29, 1.82) is 0 Å². The number of anilines is 1. The van der Waals surface area contributed by atoms with Crippen molar-refractivity contribution < 1.29 is 13.5 Å². The van der Waals surface area contributed by atoms with E-state index in [0.29, 0.717) is 17.0 Å². The average molecular weight is 317 g/mol. The second-order valence-corrected chi connectivity index (χ2v) is 7.73. The summed E-state index contributed by atoms with van der Waals surface area (Å²) in [5.41, 5.74) is 0.684. The number of aliphatic hydroxyl groups excluding tert-OH is 1. The Labute approximate surface area is 125 Å². The Hall–Kier alpha value is -0.720. The number of hydrogen-bond acceptors (Lipinski definition) is 5. The second kappa shape index (κ2) is 9.26. The quantitative estimate of drug-likeness (QED) is 0.649. The van der Waals surface area contributed by atoms with Crippen LogP contribution >= 0.6 is 11.8 Å². The molecule has 0 aliphatic carbocycles. The van der Waals surface area contributed by atoms with Gasteiger partial charge in [-0.2, -0.15) is 11.8 Å². The van der Waals surface area contributed by atoms with Crippen molar-refractivity contribution >= 4 is 27.3 Å². The van der Waals surface area contributed by atoms with Crippen LogP contribution in [0.5, 0.6) is 0 Å². The van der Waals surface area contributed by atoms with Gasteiger partial charge in [0.1, 0.15) is 0 Å². The summed E-state index contributed by atoms with van der Waals surface area (Å²) in [6.07, 6.45) is 1.42. The van der Waals surface area contributed by atoms with Gasteiger partial charge < -0.3 is 10.4 Å². The smallest absolute Gasteiger partial charge is 0.180 e. The van der Waals surface area contributed by atoms with Gasteiger partial charge in [0.15, 0.2) is 9.84 Å². The van der Waals surface area contributed by atoms with E-state index in [1.165, 1.54) is 0 Å². The summed E-state index contributed by atoms with van der Waals surface area (Å²) in [5, 5.41) is 11.9. The number of thioether (sulfide) groups is 1. The molecule has 0 aliphatic rings. The first-order chi connectivity index (χ1) is 9.61. The monoisotopic (exact) mass is 317 g/mol. The minimum atomic E-state index is -3.19. The summed E-state index contributed by atoms with van der Waals surface area (Å²) in [4.78, 5) is 0.391. The van der Waals surface area contributed by atoms with Crippen molar-refractivity contribution in [3.05, 3.63) is 24.3 Å². The van der Waals surface area contributed by atoms with Crippen LogP contribution in [-0.4, -0.2) is 43.9 Å². The molecule has 1 aromatic rings. The third kappa shape index (κ3) is 5.73. The van der Waals surface area contributed by atoms with Gasteiger partial charge in [-0.05, 0) is 30.7 Å². The third-order valence-corrected chi connectivity index (χ3v) is 5.75. The van der Waals surface area contributed by atoms with E-state index < -0.39 is 9.84 Å². The van der Waals surface area contributed by atoms with E-state index in [1.54, 1.807) is 30.0 Å². The van der Waals surface area contributed by atoms with Crippen molar-refractivity contribution in [2.45, 2.75) is 24.7 Å². The molecule has 1 aromatic carbocycles. The summed E-state index contributed by atoms with van der Waals surface area (Å²) in [6.45, 7) is 2.80. The maximum absolute atomic E-state index is 12.2. The molecule has 0 radical (unpaired) electrons. The Bertz CT molecular complexity index is 489. The van der Waals surface area contributed by atoms with Crippen LogP contribution in [0.4, 0.5) is 5.69 Å². The number of sulfone groups is 1. The highest BCUT2D eigenvalue weighted by atomic mass is 32.2. The minimum Gasteiger partial charge on any atom is -0.396 e. The lowest BCUT2D eigenvalue weighted by Gasteiger charge is -2.12. The van der Waals surface area contributed by atoms with Crippen LogP contribution in [0, 0.1) is 0 Å². The SMILES string of the molecule is CCCS(=O)(=O)c1ccccc1NCCSCCCO. The molecule has 0 aliphatic heterocycles. The van der Waals surface area contributed by atoms with Crippen LogP contribution in [0.15, 0.2) is 29.2 Å². The second-order valence-electron chi connectivity index (χ2n) is 4.43. The predicted molar refractivity (Wildman–Crippen MR) is 86.3 cm³/mol. The fourth-order valence-corrected chi connectivity index (χ4v) is 4.09. The van der Waals surface area contributed by atoms with Gasteiger partial charge in [0.05, 0.1) is 16.3 Å². The van der Waals surface area contributed by atoms with Crippen LogP contribution in [0.25, 0.3) is 0 Å². The molecule has 0 saturated carbocycles. The highest BCUT2D eigenvalue weighted by molar-refractivity contribution is 7.99. The molecule has 0 fully saturated rings. The zero-order valence-corrected chi connectivity index (χ0v) is 13.5. The van der Waals surface area contributed by atoms with E-state index in [-0.39, 0.29) is 12.4 Å². The topological polar surface area (TPSA) is 66.4 Å². The zero-order chi connectivity index (χ0) is 14.8. The largest absolute Gasteiger partial charge is 0.396 e. The van der Waals surface area contributed by atoms with Crippen molar-refractivity contribution in [3.63, 3.8) is 0 Å². The Morgan fingerprint density at radius 3 is 2.70 bits per heavy atom. The molecule has 0 aromatic heterocycles. The van der Waals surface area contributed by atoms with E-state index in [9.17, 15) is 8.42 Å². The summed E-state index contributed by atoms with van der Waals surface area (Å²) in [6, 6.07) is 7.06.